The van der Waals surface area contributed by atoms with Crippen LogP contribution in [0.1, 0.15) is 11.1 Å². The second kappa shape index (κ2) is 5.40. The lowest BCUT2D eigenvalue weighted by atomic mass is 9.93. The van der Waals surface area contributed by atoms with Gasteiger partial charge >= 0.3 is 6.18 Å². The zero-order valence-electron chi connectivity index (χ0n) is 10.4. The van der Waals surface area contributed by atoms with Crippen molar-refractivity contribution in [1.29, 1.82) is 0 Å². The van der Waals surface area contributed by atoms with Crippen molar-refractivity contribution in [3.8, 4) is 11.8 Å². The number of hydrogen-bond acceptors (Lipinski definition) is 1. The summed E-state index contributed by atoms with van der Waals surface area (Å²) in [5.41, 5.74) is -3.06. The van der Waals surface area contributed by atoms with Gasteiger partial charge in [0.05, 0.1) is 0 Å². The van der Waals surface area contributed by atoms with E-state index in [0.29, 0.717) is 5.56 Å². The van der Waals surface area contributed by atoms with Gasteiger partial charge in [-0.05, 0) is 18.1 Å². The molecule has 2 rings (SSSR count). The average Bonchev–Trinajstić information content (AvgIpc) is 2.45. The maximum absolute atomic E-state index is 13.1. The second-order valence-corrected chi connectivity index (χ2v) is 4.19. The monoisotopic (exact) mass is 276 g/mol. The quantitative estimate of drug-likeness (QED) is 0.790. The van der Waals surface area contributed by atoms with E-state index in [9.17, 15) is 18.3 Å². The first kappa shape index (κ1) is 14.2. The molecule has 0 bridgehead atoms. The molecule has 0 unspecified atom stereocenters. The van der Waals surface area contributed by atoms with Gasteiger partial charge in [0.2, 0.25) is 5.60 Å². The molecule has 0 aromatic heterocycles. The van der Waals surface area contributed by atoms with Crippen LogP contribution in [-0.4, -0.2) is 11.3 Å². The molecule has 102 valence electrons. The van der Waals surface area contributed by atoms with E-state index in [4.69, 9.17) is 0 Å². The summed E-state index contributed by atoms with van der Waals surface area (Å²) in [4.78, 5) is 0. The summed E-state index contributed by atoms with van der Waals surface area (Å²) < 4.78 is 39.4. The van der Waals surface area contributed by atoms with Crippen molar-refractivity contribution in [3.05, 3.63) is 71.8 Å². The summed E-state index contributed by atoms with van der Waals surface area (Å²) in [5, 5.41) is 9.98. The number of aliphatic hydroxyl groups is 1. The van der Waals surface area contributed by atoms with Crippen molar-refractivity contribution in [1.82, 2.24) is 0 Å². The van der Waals surface area contributed by atoms with Crippen molar-refractivity contribution in [3.63, 3.8) is 0 Å². The summed E-state index contributed by atoms with van der Waals surface area (Å²) in [5.74, 6) is 4.32. The van der Waals surface area contributed by atoms with Gasteiger partial charge in [0.25, 0.3) is 0 Å². The van der Waals surface area contributed by atoms with Crippen molar-refractivity contribution >= 4 is 0 Å². The Bertz CT molecular complexity index is 624. The van der Waals surface area contributed by atoms with Crippen LogP contribution in [0.15, 0.2) is 60.7 Å². The zero-order chi connectivity index (χ0) is 14.6. The van der Waals surface area contributed by atoms with Gasteiger partial charge in [0.15, 0.2) is 0 Å². The standard InChI is InChI=1S/C16H11F3O/c17-16(18,19)15(20,14-9-5-2-6-10-14)12-11-13-7-3-1-4-8-13/h1-10,20H/t15-/m0/s1. The van der Waals surface area contributed by atoms with Crippen LogP contribution < -0.4 is 0 Å². The molecular weight excluding hydrogens is 265 g/mol. The minimum atomic E-state index is -4.88. The van der Waals surface area contributed by atoms with Gasteiger partial charge in [-0.3, -0.25) is 0 Å². The number of hydrogen-bond donors (Lipinski definition) is 1. The fourth-order valence-corrected chi connectivity index (χ4v) is 1.67. The van der Waals surface area contributed by atoms with Crippen LogP contribution in [0.4, 0.5) is 13.2 Å². The molecule has 0 aliphatic rings. The third-order valence-corrected chi connectivity index (χ3v) is 2.76. The minimum absolute atomic E-state index is 0.295. The van der Waals surface area contributed by atoms with E-state index in [0.717, 1.165) is 0 Å². The summed E-state index contributed by atoms with van der Waals surface area (Å²) in [6, 6.07) is 15.1. The molecule has 4 heteroatoms. The molecule has 0 radical (unpaired) electrons. The van der Waals surface area contributed by atoms with Crippen LogP contribution in [0.25, 0.3) is 0 Å². The molecule has 1 nitrogen and oxygen atoms in total. The molecule has 0 amide bonds. The molecule has 0 fully saturated rings. The molecule has 2 aromatic rings. The minimum Gasteiger partial charge on any atom is -0.366 e. The molecule has 1 N–H and O–H groups in total. The molecule has 0 saturated heterocycles. The van der Waals surface area contributed by atoms with Gasteiger partial charge in [-0.1, -0.05) is 54.5 Å². The predicted octanol–water partition coefficient (Wildman–Crippen LogP) is 3.49. The highest BCUT2D eigenvalue weighted by Crippen LogP contribution is 2.38. The Hall–Kier alpha value is -2.25. The van der Waals surface area contributed by atoms with Crippen molar-refractivity contribution in [2.75, 3.05) is 0 Å². The molecule has 0 saturated carbocycles. The molecule has 0 aliphatic carbocycles. The Balaban J connectivity index is 2.48. The Morgan fingerprint density at radius 1 is 0.800 bits per heavy atom. The highest BCUT2D eigenvalue weighted by molar-refractivity contribution is 5.41. The number of alkyl halides is 3. The first-order chi connectivity index (χ1) is 9.43. The summed E-state index contributed by atoms with van der Waals surface area (Å²) in [6.07, 6.45) is -4.88. The third-order valence-electron chi connectivity index (χ3n) is 2.76. The Morgan fingerprint density at radius 2 is 1.30 bits per heavy atom. The third kappa shape index (κ3) is 2.84. The van der Waals surface area contributed by atoms with E-state index in [1.165, 1.54) is 24.3 Å². The summed E-state index contributed by atoms with van der Waals surface area (Å²) >= 11 is 0. The summed E-state index contributed by atoms with van der Waals surface area (Å²) in [6.45, 7) is 0. The van der Waals surface area contributed by atoms with Gasteiger partial charge in [-0.15, -0.1) is 0 Å². The SMILES string of the molecule is O[C@@](C#Cc1ccccc1)(c1ccccc1)C(F)(F)F. The Labute approximate surface area is 114 Å². The first-order valence-corrected chi connectivity index (χ1v) is 5.86. The van der Waals surface area contributed by atoms with Crippen LogP contribution in [0.2, 0.25) is 0 Å². The van der Waals surface area contributed by atoms with Gasteiger partial charge in [-0.25, -0.2) is 0 Å². The predicted molar refractivity (Wildman–Crippen MR) is 69.7 cm³/mol. The maximum atomic E-state index is 13.1. The van der Waals surface area contributed by atoms with Gasteiger partial charge < -0.3 is 5.11 Å². The fraction of sp³-hybridized carbons (Fsp3) is 0.125. The van der Waals surface area contributed by atoms with Crippen molar-refractivity contribution < 1.29 is 18.3 Å². The van der Waals surface area contributed by atoms with E-state index >= 15 is 0 Å². The molecule has 20 heavy (non-hydrogen) atoms. The molecule has 0 heterocycles. The smallest absolute Gasteiger partial charge is 0.366 e. The van der Waals surface area contributed by atoms with Crippen LogP contribution in [0.3, 0.4) is 0 Å². The normalized spacial score (nSPS) is 14.0. The van der Waals surface area contributed by atoms with E-state index in [1.807, 2.05) is 5.92 Å². The van der Waals surface area contributed by atoms with Crippen LogP contribution in [0, 0.1) is 11.8 Å². The van der Waals surface area contributed by atoms with Gasteiger partial charge in [0, 0.05) is 11.1 Å². The molecule has 1 atom stereocenters. The Kier molecular flexibility index (Phi) is 3.82. The van der Waals surface area contributed by atoms with Gasteiger partial charge in [0.1, 0.15) is 0 Å². The lowest BCUT2D eigenvalue weighted by Crippen LogP contribution is -2.41. The van der Waals surface area contributed by atoms with E-state index in [2.05, 4.69) is 5.92 Å². The maximum Gasteiger partial charge on any atom is 0.433 e. The van der Waals surface area contributed by atoms with Crippen LogP contribution >= 0.6 is 0 Å². The van der Waals surface area contributed by atoms with E-state index < -0.39 is 11.8 Å². The fourth-order valence-electron chi connectivity index (χ4n) is 1.67. The molecule has 0 aliphatic heterocycles. The highest BCUT2D eigenvalue weighted by Gasteiger charge is 2.54. The van der Waals surface area contributed by atoms with Gasteiger partial charge in [-0.2, -0.15) is 13.2 Å². The largest absolute Gasteiger partial charge is 0.433 e. The van der Waals surface area contributed by atoms with Crippen molar-refractivity contribution in [2.24, 2.45) is 0 Å². The topological polar surface area (TPSA) is 20.2 Å². The molecule has 0 spiro atoms. The first-order valence-electron chi connectivity index (χ1n) is 5.86. The van der Waals surface area contributed by atoms with Crippen LogP contribution in [0.5, 0.6) is 0 Å². The van der Waals surface area contributed by atoms with Crippen molar-refractivity contribution in [2.45, 2.75) is 11.8 Å². The number of rotatable bonds is 1. The van der Waals surface area contributed by atoms with E-state index in [-0.39, 0.29) is 5.56 Å². The average molecular weight is 276 g/mol. The lowest BCUT2D eigenvalue weighted by molar-refractivity contribution is -0.240. The zero-order valence-corrected chi connectivity index (χ0v) is 10.4. The molecule has 2 aromatic carbocycles. The molecular formula is C16H11F3O. The second-order valence-electron chi connectivity index (χ2n) is 4.19. The van der Waals surface area contributed by atoms with Crippen LogP contribution in [-0.2, 0) is 5.60 Å². The summed E-state index contributed by atoms with van der Waals surface area (Å²) in [7, 11) is 0. The number of benzene rings is 2. The lowest BCUT2D eigenvalue weighted by Gasteiger charge is -2.25. The van der Waals surface area contributed by atoms with E-state index in [1.54, 1.807) is 36.4 Å². The highest BCUT2D eigenvalue weighted by atomic mass is 19.4. The Morgan fingerprint density at radius 3 is 1.80 bits per heavy atom. The number of halogens is 3.